The van der Waals surface area contributed by atoms with Gasteiger partial charge < -0.3 is 15.2 Å². The maximum absolute atomic E-state index is 10.5. The number of nitrogens with one attached hydrogen (secondary N) is 1. The van der Waals surface area contributed by atoms with Gasteiger partial charge in [-0.2, -0.15) is 0 Å². The van der Waals surface area contributed by atoms with Crippen molar-refractivity contribution in [3.63, 3.8) is 0 Å². The zero-order chi connectivity index (χ0) is 15.3. The van der Waals surface area contributed by atoms with Gasteiger partial charge in [0.15, 0.2) is 0 Å². The molecule has 0 aliphatic rings. The zero-order valence-corrected chi connectivity index (χ0v) is 12.6. The molecule has 3 heteroatoms. The van der Waals surface area contributed by atoms with Crippen LogP contribution in [0.15, 0.2) is 42.5 Å². The predicted molar refractivity (Wildman–Crippen MR) is 86.4 cm³/mol. The van der Waals surface area contributed by atoms with Crippen LogP contribution in [0.25, 0.3) is 21.8 Å². The quantitative estimate of drug-likeness (QED) is 0.690. The molecule has 0 spiro atoms. The standard InChI is InChI=1S/C18H21NO2/c1-17(2,20)18(3,21)11-12-8-9-14-13-6-4-5-7-15(13)19-16(14)10-12/h4-10,19-21H,11H2,1-3H3. The molecule has 110 valence electrons. The maximum Gasteiger partial charge on any atom is 0.0940 e. The van der Waals surface area contributed by atoms with Crippen LogP contribution in [0.3, 0.4) is 0 Å². The van der Waals surface area contributed by atoms with Gasteiger partial charge in [0.1, 0.15) is 0 Å². The predicted octanol–water partition coefficient (Wildman–Crippen LogP) is 3.39. The van der Waals surface area contributed by atoms with Crippen molar-refractivity contribution in [1.82, 2.24) is 4.98 Å². The number of rotatable bonds is 3. The molecule has 0 aliphatic carbocycles. The fourth-order valence-corrected chi connectivity index (χ4v) is 2.63. The summed E-state index contributed by atoms with van der Waals surface area (Å²) in [6.45, 7) is 4.94. The zero-order valence-electron chi connectivity index (χ0n) is 12.6. The van der Waals surface area contributed by atoms with Gasteiger partial charge in [0.05, 0.1) is 11.2 Å². The van der Waals surface area contributed by atoms with Crippen molar-refractivity contribution in [2.45, 2.75) is 38.4 Å². The van der Waals surface area contributed by atoms with Crippen molar-refractivity contribution in [1.29, 1.82) is 0 Å². The van der Waals surface area contributed by atoms with Gasteiger partial charge in [-0.05, 0) is 38.5 Å². The highest BCUT2D eigenvalue weighted by atomic mass is 16.3. The second-order valence-electron chi connectivity index (χ2n) is 6.56. The van der Waals surface area contributed by atoms with E-state index < -0.39 is 11.2 Å². The lowest BCUT2D eigenvalue weighted by Crippen LogP contribution is -2.49. The highest BCUT2D eigenvalue weighted by Crippen LogP contribution is 2.29. The average molecular weight is 283 g/mol. The van der Waals surface area contributed by atoms with Gasteiger partial charge in [0.25, 0.3) is 0 Å². The van der Waals surface area contributed by atoms with E-state index in [2.05, 4.69) is 29.2 Å². The second-order valence-corrected chi connectivity index (χ2v) is 6.56. The molecule has 21 heavy (non-hydrogen) atoms. The minimum absolute atomic E-state index is 0.405. The number of fused-ring (bicyclic) bond motifs is 3. The Labute approximate surface area is 124 Å². The maximum atomic E-state index is 10.5. The first kappa shape index (κ1) is 14.1. The van der Waals surface area contributed by atoms with Crippen LogP contribution in [0.4, 0.5) is 0 Å². The van der Waals surface area contributed by atoms with E-state index in [-0.39, 0.29) is 0 Å². The molecule has 3 nitrogen and oxygen atoms in total. The summed E-state index contributed by atoms with van der Waals surface area (Å²) >= 11 is 0. The van der Waals surface area contributed by atoms with Gasteiger partial charge >= 0.3 is 0 Å². The summed E-state index contributed by atoms with van der Waals surface area (Å²) in [5.41, 5.74) is 0.843. The van der Waals surface area contributed by atoms with Crippen LogP contribution >= 0.6 is 0 Å². The number of hydrogen-bond donors (Lipinski definition) is 3. The highest BCUT2D eigenvalue weighted by molar-refractivity contribution is 6.07. The second kappa shape index (κ2) is 4.58. The van der Waals surface area contributed by atoms with Crippen molar-refractivity contribution < 1.29 is 10.2 Å². The van der Waals surface area contributed by atoms with Gasteiger partial charge in [-0.3, -0.25) is 0 Å². The van der Waals surface area contributed by atoms with Crippen molar-refractivity contribution in [2.24, 2.45) is 0 Å². The Morgan fingerprint density at radius 3 is 2.29 bits per heavy atom. The fourth-order valence-electron chi connectivity index (χ4n) is 2.63. The Balaban J connectivity index is 2.04. The largest absolute Gasteiger partial charge is 0.387 e. The van der Waals surface area contributed by atoms with E-state index in [0.717, 1.165) is 16.6 Å². The third kappa shape index (κ3) is 2.43. The number of aliphatic hydroxyl groups is 2. The van der Waals surface area contributed by atoms with Crippen LogP contribution in [-0.4, -0.2) is 26.4 Å². The van der Waals surface area contributed by atoms with Crippen LogP contribution in [0.1, 0.15) is 26.3 Å². The molecule has 1 unspecified atom stereocenters. The average Bonchev–Trinajstić information content (AvgIpc) is 2.74. The Hall–Kier alpha value is -1.84. The Bertz CT molecular complexity index is 794. The third-order valence-electron chi connectivity index (χ3n) is 4.44. The minimum atomic E-state index is -1.17. The number of benzene rings is 2. The van der Waals surface area contributed by atoms with E-state index in [1.807, 2.05) is 18.2 Å². The van der Waals surface area contributed by atoms with Crippen LogP contribution in [-0.2, 0) is 6.42 Å². The Morgan fingerprint density at radius 1 is 0.905 bits per heavy atom. The summed E-state index contributed by atoms with van der Waals surface area (Å²) in [6, 6.07) is 14.3. The smallest absolute Gasteiger partial charge is 0.0940 e. The van der Waals surface area contributed by atoms with E-state index in [0.29, 0.717) is 6.42 Å². The van der Waals surface area contributed by atoms with E-state index in [1.165, 1.54) is 10.8 Å². The number of H-pyrrole nitrogens is 1. The third-order valence-corrected chi connectivity index (χ3v) is 4.44. The fraction of sp³-hybridized carbons (Fsp3) is 0.333. The van der Waals surface area contributed by atoms with Crippen molar-refractivity contribution in [2.75, 3.05) is 0 Å². The van der Waals surface area contributed by atoms with Crippen LogP contribution in [0, 0.1) is 0 Å². The molecular formula is C18H21NO2. The molecule has 0 fully saturated rings. The molecule has 1 heterocycles. The van der Waals surface area contributed by atoms with Crippen molar-refractivity contribution in [3.05, 3.63) is 48.0 Å². The number of hydrogen-bond acceptors (Lipinski definition) is 2. The molecule has 3 aromatic rings. The molecule has 0 saturated heterocycles. The first-order chi connectivity index (χ1) is 9.78. The molecule has 3 rings (SSSR count). The highest BCUT2D eigenvalue weighted by Gasteiger charge is 2.37. The number of aromatic amines is 1. The molecule has 0 saturated carbocycles. The summed E-state index contributed by atoms with van der Waals surface area (Å²) in [6.07, 6.45) is 0.405. The Kier molecular flexibility index (Phi) is 3.08. The van der Waals surface area contributed by atoms with E-state index in [1.54, 1.807) is 20.8 Å². The summed E-state index contributed by atoms with van der Waals surface area (Å²) in [5.74, 6) is 0. The molecule has 0 radical (unpaired) electrons. The number of para-hydroxylation sites is 1. The molecule has 0 amide bonds. The van der Waals surface area contributed by atoms with Crippen molar-refractivity contribution >= 4 is 21.8 Å². The topological polar surface area (TPSA) is 56.2 Å². The monoisotopic (exact) mass is 283 g/mol. The molecule has 3 N–H and O–H groups in total. The Morgan fingerprint density at radius 2 is 1.57 bits per heavy atom. The van der Waals surface area contributed by atoms with Crippen LogP contribution < -0.4 is 0 Å². The van der Waals surface area contributed by atoms with Crippen LogP contribution in [0.5, 0.6) is 0 Å². The summed E-state index contributed by atoms with van der Waals surface area (Å²) in [4.78, 5) is 3.40. The summed E-state index contributed by atoms with van der Waals surface area (Å²) in [7, 11) is 0. The molecule has 0 aliphatic heterocycles. The van der Waals surface area contributed by atoms with Gasteiger partial charge in [-0.15, -0.1) is 0 Å². The molecule has 0 bridgehead atoms. The molecule has 1 atom stereocenters. The molecular weight excluding hydrogens is 262 g/mol. The first-order valence-electron chi connectivity index (χ1n) is 7.22. The number of aromatic nitrogens is 1. The van der Waals surface area contributed by atoms with Gasteiger partial charge in [-0.25, -0.2) is 0 Å². The summed E-state index contributed by atoms with van der Waals surface area (Å²) in [5, 5.41) is 22.9. The lowest BCUT2D eigenvalue weighted by molar-refractivity contribution is -0.118. The van der Waals surface area contributed by atoms with E-state index >= 15 is 0 Å². The van der Waals surface area contributed by atoms with Gasteiger partial charge in [-0.1, -0.05) is 30.3 Å². The van der Waals surface area contributed by atoms with E-state index in [4.69, 9.17) is 0 Å². The van der Waals surface area contributed by atoms with Crippen LogP contribution in [0.2, 0.25) is 0 Å². The lowest BCUT2D eigenvalue weighted by atomic mass is 9.82. The summed E-state index contributed by atoms with van der Waals surface area (Å²) < 4.78 is 0. The molecule has 2 aromatic carbocycles. The normalized spacial score (nSPS) is 15.5. The first-order valence-corrected chi connectivity index (χ1v) is 7.22. The SMILES string of the molecule is CC(C)(O)C(C)(O)Cc1ccc2c(c1)[nH]c1ccccc12. The van der Waals surface area contributed by atoms with Crippen molar-refractivity contribution in [3.8, 4) is 0 Å². The van der Waals surface area contributed by atoms with E-state index in [9.17, 15) is 10.2 Å². The lowest BCUT2D eigenvalue weighted by Gasteiger charge is -2.35. The van der Waals surface area contributed by atoms with Gasteiger partial charge in [0.2, 0.25) is 0 Å². The molecule has 1 aromatic heterocycles. The van der Waals surface area contributed by atoms with Gasteiger partial charge in [0, 0.05) is 28.2 Å². The minimum Gasteiger partial charge on any atom is -0.387 e.